The molecule has 0 amide bonds. The fraction of sp³-hybridized carbons (Fsp3) is 0. The van der Waals surface area contributed by atoms with Crippen molar-refractivity contribution in [3.05, 3.63) is 243 Å². The molecule has 0 N–H and O–H groups in total. The molecule has 0 unspecified atom stereocenters. The summed E-state index contributed by atoms with van der Waals surface area (Å²) >= 11 is 0.0921. The van der Waals surface area contributed by atoms with Crippen LogP contribution >= 0.6 is 0 Å². The Morgan fingerprint density at radius 2 is 0.569 bits per heavy atom. The molecule has 13 rings (SSSR count). The molecule has 0 atom stereocenters. The van der Waals surface area contributed by atoms with Crippen LogP contribution in [0.2, 0.25) is 0 Å². The monoisotopic (exact) mass is 888 g/mol. The molecule has 0 aliphatic carbocycles. The summed E-state index contributed by atoms with van der Waals surface area (Å²) in [4.78, 5) is 0. The van der Waals surface area contributed by atoms with E-state index in [1.54, 1.807) is 0 Å². The molecule has 0 spiro atoms. The molecule has 0 saturated carbocycles. The molecule has 302 valence electrons. The average molecular weight is 888 g/mol. The van der Waals surface area contributed by atoms with Gasteiger partial charge in [-0.05, 0) is 0 Å². The van der Waals surface area contributed by atoms with Crippen molar-refractivity contribution >= 4 is 76.9 Å². The zero-order valence-corrected chi connectivity index (χ0v) is 37.2. The van der Waals surface area contributed by atoms with Crippen LogP contribution in [-0.4, -0.2) is 14.5 Å². The Kier molecular flexibility index (Phi) is 8.98. The molecule has 12 aromatic carbocycles. The molecule has 1 aromatic heterocycles. The number of hydrogen-bond acceptors (Lipinski definition) is 0. The Labute approximate surface area is 384 Å². The first kappa shape index (κ1) is 37.7. The molecule has 0 aliphatic rings. The summed E-state index contributed by atoms with van der Waals surface area (Å²) in [5, 5.41) is 13.0. The van der Waals surface area contributed by atoms with E-state index < -0.39 is 0 Å². The predicted molar refractivity (Wildman–Crippen MR) is 281 cm³/mol. The Morgan fingerprint density at radius 3 is 1.05 bits per heavy atom. The molecular weight excluding hydrogens is 848 g/mol. The van der Waals surface area contributed by atoms with Gasteiger partial charge in [0.25, 0.3) is 0 Å². The van der Waals surface area contributed by atoms with Crippen molar-refractivity contribution in [3.63, 3.8) is 0 Å². The van der Waals surface area contributed by atoms with Gasteiger partial charge in [0.15, 0.2) is 0 Å². The zero-order chi connectivity index (χ0) is 42.8. The van der Waals surface area contributed by atoms with Crippen LogP contribution in [0.25, 0.3) is 129 Å². The first-order valence-corrected chi connectivity index (χ1v) is 24.1. The van der Waals surface area contributed by atoms with Gasteiger partial charge in [-0.3, -0.25) is 0 Å². The molecule has 0 radical (unpaired) electrons. The van der Waals surface area contributed by atoms with Crippen molar-refractivity contribution in [3.8, 4) is 66.8 Å². The van der Waals surface area contributed by atoms with Crippen molar-refractivity contribution in [1.29, 1.82) is 0 Å². The summed E-state index contributed by atoms with van der Waals surface area (Å²) in [5.41, 5.74) is 15.2. The van der Waals surface area contributed by atoms with Gasteiger partial charge in [0.2, 0.25) is 0 Å². The van der Waals surface area contributed by atoms with E-state index in [9.17, 15) is 0 Å². The van der Waals surface area contributed by atoms with E-state index in [1.807, 2.05) is 0 Å². The van der Waals surface area contributed by atoms with Crippen LogP contribution in [-0.2, 0) is 0 Å². The topological polar surface area (TPSA) is 0 Å². The van der Waals surface area contributed by atoms with Crippen LogP contribution in [0.3, 0.4) is 0 Å². The van der Waals surface area contributed by atoms with Gasteiger partial charge < -0.3 is 0 Å². The minimum Gasteiger partial charge on any atom is -0.0617 e. The maximum atomic E-state index is 2.52. The third-order valence-corrected chi connectivity index (χ3v) is 15.9. The SMILES string of the molecule is c1ccc(-c2cc(-c3ccccc3)cc(-c3c4ccccc4c(-c4ccc5c(c4)[se]c4c(-c6c7ccccc7c(-c7ccccc7)c7ccccc67)cccc45)c4ccccc34)c2)cc1. The fourth-order valence-corrected chi connectivity index (χ4v) is 13.2. The standard InChI is InChI=1S/C64H40Se/c1-4-19-41(20-5-1)45-37-46(42-21-6-2-7-22-42)39-47(38-45)62-51-27-12-10-25-49(51)61(50-26-11-13-28-52(50)62)44-35-36-48-57-33-18-34-58(64(57)65-59(48)40-44)63-55-31-16-14-29-53(55)60(43-23-8-3-9-24-43)54-30-15-17-32-56(54)63/h1-40H. The number of hydrogen-bond donors (Lipinski definition) is 0. The minimum atomic E-state index is 0.0921. The second-order valence-corrected chi connectivity index (χ2v) is 19.3. The van der Waals surface area contributed by atoms with E-state index in [4.69, 9.17) is 0 Å². The number of benzene rings is 12. The van der Waals surface area contributed by atoms with E-state index in [0.29, 0.717) is 0 Å². The first-order valence-electron chi connectivity index (χ1n) is 22.4. The molecule has 0 saturated heterocycles. The van der Waals surface area contributed by atoms with Crippen molar-refractivity contribution in [2.75, 3.05) is 0 Å². The Hall–Kier alpha value is -7.80. The van der Waals surface area contributed by atoms with E-state index in [0.717, 1.165) is 0 Å². The van der Waals surface area contributed by atoms with Gasteiger partial charge in [-0.15, -0.1) is 0 Å². The van der Waals surface area contributed by atoms with E-state index in [2.05, 4.69) is 243 Å². The molecular formula is C64H40Se. The van der Waals surface area contributed by atoms with Crippen LogP contribution < -0.4 is 0 Å². The summed E-state index contributed by atoms with van der Waals surface area (Å²) in [7, 11) is 0. The third kappa shape index (κ3) is 6.20. The Morgan fingerprint density at radius 1 is 0.200 bits per heavy atom. The van der Waals surface area contributed by atoms with Crippen LogP contribution in [0, 0.1) is 0 Å². The molecule has 0 aliphatic heterocycles. The minimum absolute atomic E-state index is 0.0921. The molecule has 0 fully saturated rings. The van der Waals surface area contributed by atoms with Gasteiger partial charge in [-0.25, -0.2) is 0 Å². The van der Waals surface area contributed by atoms with Gasteiger partial charge in [0.1, 0.15) is 0 Å². The zero-order valence-electron chi connectivity index (χ0n) is 35.5. The van der Waals surface area contributed by atoms with Gasteiger partial charge >= 0.3 is 350 Å². The van der Waals surface area contributed by atoms with Gasteiger partial charge in [0.05, 0.1) is 0 Å². The first-order chi connectivity index (χ1) is 32.3. The van der Waals surface area contributed by atoms with Crippen molar-refractivity contribution < 1.29 is 0 Å². The van der Waals surface area contributed by atoms with Gasteiger partial charge in [0, 0.05) is 0 Å². The van der Waals surface area contributed by atoms with Crippen molar-refractivity contribution in [2.45, 2.75) is 0 Å². The molecule has 13 aromatic rings. The van der Waals surface area contributed by atoms with Crippen molar-refractivity contribution in [2.24, 2.45) is 0 Å². The number of rotatable bonds is 6. The van der Waals surface area contributed by atoms with Crippen LogP contribution in [0.1, 0.15) is 0 Å². The molecule has 65 heavy (non-hydrogen) atoms. The normalized spacial score (nSPS) is 11.7. The molecule has 0 bridgehead atoms. The summed E-state index contributed by atoms with van der Waals surface area (Å²) in [5.74, 6) is 0. The van der Waals surface area contributed by atoms with E-state index >= 15 is 0 Å². The predicted octanol–water partition coefficient (Wildman–Crippen LogP) is 17.7. The van der Waals surface area contributed by atoms with Gasteiger partial charge in [-0.2, -0.15) is 0 Å². The average Bonchev–Trinajstić information content (AvgIpc) is 3.76. The number of fused-ring (bicyclic) bond motifs is 7. The maximum absolute atomic E-state index is 2.52. The quantitative estimate of drug-likeness (QED) is 0.115. The fourth-order valence-electron chi connectivity index (χ4n) is 10.6. The summed E-state index contributed by atoms with van der Waals surface area (Å²) in [6, 6.07) is 90.1. The van der Waals surface area contributed by atoms with Gasteiger partial charge in [-0.1, -0.05) is 36.4 Å². The summed E-state index contributed by atoms with van der Waals surface area (Å²) < 4.78 is 2.90. The second kappa shape index (κ2) is 15.5. The third-order valence-electron chi connectivity index (χ3n) is 13.4. The van der Waals surface area contributed by atoms with E-state index in [-0.39, 0.29) is 14.5 Å². The van der Waals surface area contributed by atoms with Crippen LogP contribution in [0.4, 0.5) is 0 Å². The Bertz CT molecular complexity index is 3800. The van der Waals surface area contributed by atoms with Crippen LogP contribution in [0.15, 0.2) is 243 Å². The Balaban J connectivity index is 1.03. The van der Waals surface area contributed by atoms with Crippen LogP contribution in [0.5, 0.6) is 0 Å². The van der Waals surface area contributed by atoms with Crippen molar-refractivity contribution in [1.82, 2.24) is 0 Å². The summed E-state index contributed by atoms with van der Waals surface area (Å²) in [6.45, 7) is 0. The molecule has 0 nitrogen and oxygen atoms in total. The van der Waals surface area contributed by atoms with E-state index in [1.165, 1.54) is 129 Å². The second-order valence-electron chi connectivity index (χ2n) is 17.1. The molecule has 1 heterocycles. The summed E-state index contributed by atoms with van der Waals surface area (Å²) in [6.07, 6.45) is 0. The smallest absolute Gasteiger partial charge is 0.0617 e. The molecule has 1 heteroatoms.